The van der Waals surface area contributed by atoms with Gasteiger partial charge in [-0.2, -0.15) is 9.37 Å². The van der Waals surface area contributed by atoms with Crippen molar-refractivity contribution in [2.75, 3.05) is 5.32 Å². The Kier molecular flexibility index (Phi) is 3.40. The van der Waals surface area contributed by atoms with Crippen LogP contribution >= 0.6 is 0 Å². The highest BCUT2D eigenvalue weighted by Gasteiger charge is 2.26. The fourth-order valence-electron chi connectivity index (χ4n) is 1.37. The summed E-state index contributed by atoms with van der Waals surface area (Å²) >= 11 is 0. The number of carbonyl (C=O) groups excluding carboxylic acids is 1. The van der Waals surface area contributed by atoms with Gasteiger partial charge in [-0.15, -0.1) is 0 Å². The van der Waals surface area contributed by atoms with E-state index in [-0.39, 0.29) is 11.9 Å². The molecule has 0 spiro atoms. The highest BCUT2D eigenvalue weighted by Crippen LogP contribution is 2.19. The van der Waals surface area contributed by atoms with Crippen LogP contribution in [0.1, 0.15) is 19.8 Å². The second-order valence-electron chi connectivity index (χ2n) is 4.24. The molecule has 18 heavy (non-hydrogen) atoms. The molecule has 2 rings (SSSR count). The van der Waals surface area contributed by atoms with E-state index >= 15 is 0 Å². The number of rotatable bonds is 4. The zero-order chi connectivity index (χ0) is 13.3. The summed E-state index contributed by atoms with van der Waals surface area (Å²) in [6, 6.07) is -0.224. The van der Waals surface area contributed by atoms with Gasteiger partial charge in [-0.3, -0.25) is 4.79 Å². The first kappa shape index (κ1) is 12.7. The van der Waals surface area contributed by atoms with Crippen LogP contribution in [0.3, 0.4) is 0 Å². The number of carbonyl (C=O) groups is 1. The summed E-state index contributed by atoms with van der Waals surface area (Å²) in [6.07, 6.45) is 1.85. The lowest BCUT2D eigenvalue weighted by molar-refractivity contribution is -0.121. The van der Waals surface area contributed by atoms with Crippen LogP contribution in [0.5, 0.6) is 0 Å². The molecule has 1 aliphatic rings. The second kappa shape index (κ2) is 4.83. The van der Waals surface area contributed by atoms with Gasteiger partial charge < -0.3 is 10.6 Å². The van der Waals surface area contributed by atoms with Crippen LogP contribution < -0.4 is 10.6 Å². The van der Waals surface area contributed by atoms with Gasteiger partial charge in [0, 0.05) is 12.1 Å². The standard InChI is InChI=1S/C11H12F3N3O/c1-5(11(18)16-6-2-3-6)15-10-8(13)4-7(12)9(14)17-10/h4-6H,2-3H2,1H3,(H,15,17)(H,16,18). The summed E-state index contributed by atoms with van der Waals surface area (Å²) in [7, 11) is 0. The monoisotopic (exact) mass is 259 g/mol. The van der Waals surface area contributed by atoms with E-state index in [9.17, 15) is 18.0 Å². The first-order valence-electron chi connectivity index (χ1n) is 5.56. The molecule has 0 radical (unpaired) electrons. The van der Waals surface area contributed by atoms with Gasteiger partial charge in [-0.25, -0.2) is 8.78 Å². The molecular weight excluding hydrogens is 247 g/mol. The molecule has 1 saturated carbocycles. The third-order valence-corrected chi connectivity index (χ3v) is 2.56. The van der Waals surface area contributed by atoms with Crippen LogP contribution in [0.4, 0.5) is 19.0 Å². The van der Waals surface area contributed by atoms with E-state index in [1.807, 2.05) is 0 Å². The molecule has 0 saturated heterocycles. The number of amides is 1. The number of hydrogen-bond acceptors (Lipinski definition) is 3. The molecule has 2 N–H and O–H groups in total. The molecule has 1 amide bonds. The maximum atomic E-state index is 13.3. The number of nitrogens with one attached hydrogen (secondary N) is 2. The number of nitrogens with zero attached hydrogens (tertiary/aromatic N) is 1. The number of hydrogen-bond donors (Lipinski definition) is 2. The van der Waals surface area contributed by atoms with Crippen LogP contribution in [0, 0.1) is 17.6 Å². The van der Waals surface area contributed by atoms with Crippen molar-refractivity contribution in [3.8, 4) is 0 Å². The lowest BCUT2D eigenvalue weighted by atomic mass is 10.3. The quantitative estimate of drug-likeness (QED) is 0.807. The maximum Gasteiger partial charge on any atom is 0.251 e. The fraction of sp³-hybridized carbons (Fsp3) is 0.455. The van der Waals surface area contributed by atoms with Gasteiger partial charge in [0.2, 0.25) is 5.91 Å². The molecule has 0 bridgehead atoms. The normalized spacial score (nSPS) is 16.2. The largest absolute Gasteiger partial charge is 0.356 e. The SMILES string of the molecule is CC(Nc1nc(F)c(F)cc1F)C(=O)NC1CC1. The maximum absolute atomic E-state index is 13.3. The predicted octanol–water partition coefficient (Wildman–Crippen LogP) is 1.58. The minimum absolute atomic E-state index is 0.171. The number of pyridine rings is 1. The van der Waals surface area contributed by atoms with Crippen molar-refractivity contribution in [1.82, 2.24) is 10.3 Å². The average molecular weight is 259 g/mol. The zero-order valence-electron chi connectivity index (χ0n) is 9.64. The second-order valence-corrected chi connectivity index (χ2v) is 4.24. The minimum Gasteiger partial charge on any atom is -0.356 e. The Labute approximate surface area is 102 Å². The molecule has 0 aromatic carbocycles. The lowest BCUT2D eigenvalue weighted by Crippen LogP contribution is -2.39. The number of anilines is 1. The number of aromatic nitrogens is 1. The van der Waals surface area contributed by atoms with Crippen molar-refractivity contribution < 1.29 is 18.0 Å². The van der Waals surface area contributed by atoms with Gasteiger partial charge in [-0.1, -0.05) is 0 Å². The molecule has 1 fully saturated rings. The molecule has 98 valence electrons. The first-order chi connectivity index (χ1) is 8.47. The van der Waals surface area contributed by atoms with E-state index in [0.717, 1.165) is 12.8 Å². The van der Waals surface area contributed by atoms with Crippen molar-refractivity contribution >= 4 is 11.7 Å². The highest BCUT2D eigenvalue weighted by atomic mass is 19.2. The Balaban J connectivity index is 2.03. The minimum atomic E-state index is -1.41. The summed E-state index contributed by atoms with van der Waals surface area (Å²) < 4.78 is 38.8. The van der Waals surface area contributed by atoms with E-state index in [0.29, 0.717) is 6.07 Å². The van der Waals surface area contributed by atoms with Crippen molar-refractivity contribution in [3.05, 3.63) is 23.6 Å². The molecule has 1 atom stereocenters. The lowest BCUT2D eigenvalue weighted by Gasteiger charge is -2.14. The molecule has 4 nitrogen and oxygen atoms in total. The van der Waals surface area contributed by atoms with E-state index in [1.54, 1.807) is 0 Å². The highest BCUT2D eigenvalue weighted by molar-refractivity contribution is 5.84. The molecule has 1 aliphatic carbocycles. The summed E-state index contributed by atoms with van der Waals surface area (Å²) in [5.41, 5.74) is 0. The third kappa shape index (κ3) is 2.91. The summed E-state index contributed by atoms with van der Waals surface area (Å²) in [6.45, 7) is 1.49. The van der Waals surface area contributed by atoms with Crippen LogP contribution in [-0.4, -0.2) is 23.0 Å². The van der Waals surface area contributed by atoms with Crippen molar-refractivity contribution in [2.45, 2.75) is 31.8 Å². The molecule has 1 aromatic rings. The van der Waals surface area contributed by atoms with Gasteiger partial charge in [0.25, 0.3) is 5.95 Å². The Morgan fingerprint density at radius 2 is 2.06 bits per heavy atom. The van der Waals surface area contributed by atoms with Crippen molar-refractivity contribution in [3.63, 3.8) is 0 Å². The van der Waals surface area contributed by atoms with Gasteiger partial charge >= 0.3 is 0 Å². The van der Waals surface area contributed by atoms with Crippen LogP contribution in [0.25, 0.3) is 0 Å². The molecule has 0 aliphatic heterocycles. The smallest absolute Gasteiger partial charge is 0.251 e. The zero-order valence-corrected chi connectivity index (χ0v) is 9.64. The molecule has 1 heterocycles. The summed E-state index contributed by atoms with van der Waals surface area (Å²) in [5, 5.41) is 5.11. The van der Waals surface area contributed by atoms with E-state index in [2.05, 4.69) is 15.6 Å². The van der Waals surface area contributed by atoms with Crippen molar-refractivity contribution in [2.24, 2.45) is 0 Å². The molecule has 7 heteroatoms. The van der Waals surface area contributed by atoms with Gasteiger partial charge in [0.05, 0.1) is 0 Å². The Morgan fingerprint density at radius 1 is 1.39 bits per heavy atom. The van der Waals surface area contributed by atoms with Gasteiger partial charge in [0.15, 0.2) is 17.5 Å². The third-order valence-electron chi connectivity index (χ3n) is 2.56. The molecule has 1 unspecified atom stereocenters. The van der Waals surface area contributed by atoms with Crippen molar-refractivity contribution in [1.29, 1.82) is 0 Å². The van der Waals surface area contributed by atoms with E-state index < -0.39 is 29.4 Å². The first-order valence-corrected chi connectivity index (χ1v) is 5.56. The fourth-order valence-corrected chi connectivity index (χ4v) is 1.37. The van der Waals surface area contributed by atoms with E-state index in [1.165, 1.54) is 6.92 Å². The van der Waals surface area contributed by atoms with Crippen LogP contribution in [-0.2, 0) is 4.79 Å². The molecule has 1 aromatic heterocycles. The predicted molar refractivity (Wildman–Crippen MR) is 58.4 cm³/mol. The average Bonchev–Trinajstić information content (AvgIpc) is 3.09. The van der Waals surface area contributed by atoms with Crippen LogP contribution in [0.2, 0.25) is 0 Å². The van der Waals surface area contributed by atoms with E-state index in [4.69, 9.17) is 0 Å². The van der Waals surface area contributed by atoms with Crippen LogP contribution in [0.15, 0.2) is 6.07 Å². The summed E-state index contributed by atoms with van der Waals surface area (Å²) in [5.74, 6) is -4.63. The van der Waals surface area contributed by atoms with Gasteiger partial charge in [0.1, 0.15) is 6.04 Å². The Hall–Kier alpha value is -1.79. The number of halogens is 3. The Bertz CT molecular complexity index is 477. The van der Waals surface area contributed by atoms with Gasteiger partial charge in [-0.05, 0) is 19.8 Å². The topological polar surface area (TPSA) is 54.0 Å². The summed E-state index contributed by atoms with van der Waals surface area (Å²) in [4.78, 5) is 14.7. The molecular formula is C11H12F3N3O. The Morgan fingerprint density at radius 3 is 2.67 bits per heavy atom.